The van der Waals surface area contributed by atoms with Gasteiger partial charge in [0.05, 0.1) is 24.2 Å². The first-order valence-electron chi connectivity index (χ1n) is 34.9. The monoisotopic (exact) mass is 1590 g/mol. The number of aliphatic hydroxyl groups excluding tert-OH is 1. The van der Waals surface area contributed by atoms with Crippen LogP contribution in [0.5, 0.6) is 0 Å². The number of halogens is 10. The van der Waals surface area contributed by atoms with Crippen molar-refractivity contribution in [2.45, 2.75) is 57.5 Å². The zero-order valence-corrected chi connectivity index (χ0v) is 61.2. The lowest BCUT2D eigenvalue weighted by Crippen LogP contribution is -2.34. The Kier molecular flexibility index (Phi) is 32.2. The van der Waals surface area contributed by atoms with Gasteiger partial charge in [-0.05, 0) is 190 Å². The first kappa shape index (κ1) is 87.2. The van der Waals surface area contributed by atoms with E-state index < -0.39 is 94.1 Å². The predicted molar refractivity (Wildman–Crippen MR) is 409 cm³/mol. The molecular formula is C86H70F10N10O10. The van der Waals surface area contributed by atoms with Gasteiger partial charge >= 0.3 is 5.97 Å². The van der Waals surface area contributed by atoms with E-state index in [9.17, 15) is 82.3 Å². The summed E-state index contributed by atoms with van der Waals surface area (Å²) in [6.07, 6.45) is 5.03. The molecule has 0 saturated carbocycles. The molecule has 10 N–H and O–H groups in total. The standard InChI is InChI=1S/C20H17F2N3O2.C19H15F2N3O3.C14H11F2NO.C13H11F2N.C13H8F2O.C7H8N2O3/c1-2-17-23-11-16(19(26)24-17)20(27)25-18(12-3-7-14(21)8-4-12)13-5-9-15(22)10-6-13;20-13-5-1-11(2-6-13)17(12-3-7-14(21)8-4-12)24-19(27)15-9-22-16(10-25)23-18(15)26;15-12-5-1-10(2-6-12)14(17-9-18)11-3-7-13(16)8-4-11;2*14-11-5-1-9(2-6-11)13(16)10-3-7-12(15)8-4-10;1-2-5-8-3-4(7(11)12)6(10)9-5/h3-11,18H,2H2,1H3,(H,25,27)(H,23,24,26);1-9,17,25H,10H2,(H,24,27)(H,22,23,26);1-9,14H,(H,17,18);1-8,13H,16H2;1-8H;3H,2H2,1H3,(H,11,12)(H,8,9,10). The smallest absolute Gasteiger partial charge is 0.342 e. The molecule has 13 rings (SSSR count). The lowest BCUT2D eigenvalue weighted by atomic mass is 9.98. The Labute approximate surface area is 654 Å². The van der Waals surface area contributed by atoms with Crippen LogP contribution >= 0.6 is 0 Å². The van der Waals surface area contributed by atoms with Gasteiger partial charge in [-0.1, -0.05) is 111 Å². The van der Waals surface area contributed by atoms with Crippen molar-refractivity contribution in [2.24, 2.45) is 5.73 Å². The van der Waals surface area contributed by atoms with Crippen LogP contribution in [0, 0.1) is 58.2 Å². The molecule has 3 heterocycles. The molecule has 0 fully saturated rings. The van der Waals surface area contributed by atoms with Crippen LogP contribution in [-0.2, 0) is 24.2 Å². The largest absolute Gasteiger partial charge is 0.477 e. The van der Waals surface area contributed by atoms with E-state index in [2.05, 4.69) is 45.9 Å². The molecule has 0 aliphatic heterocycles. The minimum Gasteiger partial charge on any atom is -0.477 e. The quantitative estimate of drug-likeness (QED) is 0.0195. The number of carbonyl (C=O) groups excluding carboxylic acids is 4. The third kappa shape index (κ3) is 25.8. The highest BCUT2D eigenvalue weighted by atomic mass is 19.2. The molecule has 0 unspecified atom stereocenters. The molecule has 0 atom stereocenters. The van der Waals surface area contributed by atoms with Gasteiger partial charge in [0.2, 0.25) is 6.41 Å². The number of carboxylic acid groups (broad SMARTS) is 1. The number of aliphatic hydroxyl groups is 1. The number of hydrogen-bond acceptors (Lipinski definition) is 13. The molecule has 0 radical (unpaired) electrons. The van der Waals surface area contributed by atoms with E-state index in [0.29, 0.717) is 64.3 Å². The van der Waals surface area contributed by atoms with Gasteiger partial charge in [-0.15, -0.1) is 0 Å². The number of nitrogens with one attached hydrogen (secondary N) is 6. The van der Waals surface area contributed by atoms with E-state index in [1.807, 2.05) is 13.8 Å². The number of H-pyrrole nitrogens is 3. The van der Waals surface area contributed by atoms with Crippen molar-refractivity contribution in [3.63, 3.8) is 0 Å². The summed E-state index contributed by atoms with van der Waals surface area (Å²) in [5, 5.41) is 25.5. The average molecular weight is 1590 g/mol. The van der Waals surface area contributed by atoms with E-state index >= 15 is 0 Å². The lowest BCUT2D eigenvalue weighted by molar-refractivity contribution is -0.110. The van der Waals surface area contributed by atoms with Gasteiger partial charge in [-0.2, -0.15) is 0 Å². The van der Waals surface area contributed by atoms with E-state index in [-0.39, 0.29) is 57.6 Å². The Morgan fingerprint density at radius 2 is 0.586 bits per heavy atom. The highest BCUT2D eigenvalue weighted by Gasteiger charge is 2.24. The fourth-order valence-electron chi connectivity index (χ4n) is 10.6. The van der Waals surface area contributed by atoms with Gasteiger partial charge in [-0.25, -0.2) is 63.7 Å². The summed E-state index contributed by atoms with van der Waals surface area (Å²) in [4.78, 5) is 112. The first-order valence-corrected chi connectivity index (χ1v) is 34.9. The maximum Gasteiger partial charge on any atom is 0.342 e. The molecule has 0 aliphatic carbocycles. The van der Waals surface area contributed by atoms with Crippen molar-refractivity contribution in [2.75, 3.05) is 0 Å². The summed E-state index contributed by atoms with van der Waals surface area (Å²) in [6.45, 7) is 3.18. The van der Waals surface area contributed by atoms with Gasteiger partial charge in [0.25, 0.3) is 28.5 Å². The number of benzene rings is 10. The molecular weight excluding hydrogens is 1520 g/mol. The summed E-state index contributed by atoms with van der Waals surface area (Å²) < 4.78 is 129. The SMILES string of the molecule is CCc1ncc(C(=O)NC(c2ccc(F)cc2)c2ccc(F)cc2)c(=O)[nH]1.CCc1ncc(C(=O)O)c(=O)[nH]1.NC(c1ccc(F)cc1)c1ccc(F)cc1.O=C(NC(c1ccc(F)cc1)c1ccc(F)cc1)c1cnc(CO)[nH]c1=O.O=C(c1ccc(F)cc1)c1ccc(F)cc1.O=CNC(c1ccc(F)cc1)c1ccc(F)cc1. The minimum absolute atomic E-state index is 0.0326. The number of nitrogens with zero attached hydrogens (tertiary/aromatic N) is 3. The molecule has 3 aromatic heterocycles. The van der Waals surface area contributed by atoms with Gasteiger partial charge in [-0.3, -0.25) is 33.6 Å². The molecule has 0 spiro atoms. The summed E-state index contributed by atoms with van der Waals surface area (Å²) in [7, 11) is 0. The molecule has 594 valence electrons. The van der Waals surface area contributed by atoms with Gasteiger partial charge in [0.1, 0.15) is 98.9 Å². The van der Waals surface area contributed by atoms with Crippen LogP contribution in [0.15, 0.2) is 276 Å². The van der Waals surface area contributed by atoms with Crippen molar-refractivity contribution >= 4 is 30.0 Å². The Bertz CT molecular complexity index is 5210. The number of carboxylic acids is 1. The molecule has 0 aliphatic rings. The summed E-state index contributed by atoms with van der Waals surface area (Å²) >= 11 is 0. The number of carbonyl (C=O) groups is 5. The number of rotatable bonds is 20. The highest BCUT2D eigenvalue weighted by Crippen LogP contribution is 2.27. The average Bonchev–Trinajstić information content (AvgIpc) is 0.836. The van der Waals surface area contributed by atoms with Crippen molar-refractivity contribution in [1.29, 1.82) is 0 Å². The van der Waals surface area contributed by atoms with Crippen LogP contribution in [0.25, 0.3) is 0 Å². The predicted octanol–water partition coefficient (Wildman–Crippen LogP) is 14.2. The first-order chi connectivity index (χ1) is 55.6. The fourth-order valence-corrected chi connectivity index (χ4v) is 10.6. The second-order valence-electron chi connectivity index (χ2n) is 24.7. The van der Waals surface area contributed by atoms with Crippen LogP contribution in [0.3, 0.4) is 0 Å². The Morgan fingerprint density at radius 1 is 0.362 bits per heavy atom. The molecule has 116 heavy (non-hydrogen) atoms. The molecule has 20 nitrogen and oxygen atoms in total. The van der Waals surface area contributed by atoms with Crippen LogP contribution in [-0.4, -0.2) is 70.1 Å². The summed E-state index contributed by atoms with van der Waals surface area (Å²) in [5.74, 6) is -5.64. The number of aromatic amines is 3. The maximum atomic E-state index is 13.3. The number of amides is 3. The Balaban J connectivity index is 0.000000178. The highest BCUT2D eigenvalue weighted by molar-refractivity contribution is 6.09. The second-order valence-corrected chi connectivity index (χ2v) is 24.7. The third-order valence-electron chi connectivity index (χ3n) is 16.8. The number of nitrogens with two attached hydrogens (primary N) is 1. The van der Waals surface area contributed by atoms with E-state index in [1.165, 1.54) is 200 Å². The number of hydrogen-bond donors (Lipinski definition) is 9. The molecule has 13 aromatic rings. The van der Waals surface area contributed by atoms with Crippen molar-refractivity contribution in [3.05, 3.63) is 440 Å². The summed E-state index contributed by atoms with van der Waals surface area (Å²) in [5.41, 5.74) is 9.51. The van der Waals surface area contributed by atoms with E-state index in [4.69, 9.17) is 15.9 Å². The number of ketones is 1. The van der Waals surface area contributed by atoms with Gasteiger partial charge in [0.15, 0.2) is 5.78 Å². The van der Waals surface area contributed by atoms with Crippen molar-refractivity contribution < 1.29 is 78.1 Å². The Morgan fingerprint density at radius 3 is 0.819 bits per heavy atom. The summed E-state index contributed by atoms with van der Waals surface area (Å²) in [6, 6.07) is 53.9. The van der Waals surface area contributed by atoms with Crippen LogP contribution in [0.2, 0.25) is 0 Å². The zero-order chi connectivity index (χ0) is 84.0. The Hall–Kier alpha value is -14.4. The number of aromatic carboxylic acids is 1. The molecule has 30 heteroatoms. The van der Waals surface area contributed by atoms with E-state index in [0.717, 1.165) is 34.6 Å². The molecule has 10 aromatic carbocycles. The molecule has 0 saturated heterocycles. The van der Waals surface area contributed by atoms with Gasteiger partial charge in [0, 0.05) is 42.6 Å². The number of aromatic nitrogens is 6. The normalized spacial score (nSPS) is 10.5. The van der Waals surface area contributed by atoms with Crippen LogP contribution < -0.4 is 38.4 Å². The van der Waals surface area contributed by atoms with Gasteiger partial charge < -0.3 is 46.8 Å². The van der Waals surface area contributed by atoms with Crippen molar-refractivity contribution in [3.8, 4) is 0 Å². The molecule has 0 bridgehead atoms. The van der Waals surface area contributed by atoms with Crippen LogP contribution in [0.1, 0.15) is 147 Å². The fraction of sp³-hybridized carbons (Fsp3) is 0.105. The van der Waals surface area contributed by atoms with Crippen molar-refractivity contribution in [1.82, 2.24) is 45.9 Å². The lowest BCUT2D eigenvalue weighted by Gasteiger charge is -2.20. The molecule has 3 amide bonds. The minimum atomic E-state index is -1.26. The maximum absolute atomic E-state index is 13.3. The topological polar surface area (TPSA) is 325 Å². The zero-order valence-electron chi connectivity index (χ0n) is 61.2. The second kappa shape index (κ2) is 42.9. The van der Waals surface area contributed by atoms with E-state index in [1.54, 1.807) is 48.5 Å². The van der Waals surface area contributed by atoms with Crippen LogP contribution in [0.4, 0.5) is 43.9 Å². The third-order valence-corrected chi connectivity index (χ3v) is 16.8. The number of aryl methyl sites for hydroxylation is 2.